The number of para-hydroxylation sites is 1. The highest BCUT2D eigenvalue weighted by Gasteiger charge is 2.22. The van der Waals surface area contributed by atoms with Crippen molar-refractivity contribution in [3.05, 3.63) is 29.8 Å². The number of nitriles is 1. The first-order valence-corrected chi connectivity index (χ1v) is 10.1. The molecule has 0 radical (unpaired) electrons. The average molecular weight is 512 g/mol. The molecule has 2 rings (SSSR count). The molecule has 1 aromatic rings. The molecule has 1 amide bonds. The minimum absolute atomic E-state index is 0. The Morgan fingerprint density at radius 3 is 2.79 bits per heavy atom. The van der Waals surface area contributed by atoms with E-state index in [0.29, 0.717) is 18.7 Å². The number of halogens is 1. The van der Waals surface area contributed by atoms with Crippen LogP contribution in [0.5, 0.6) is 0 Å². The molecule has 3 N–H and O–H groups in total. The van der Waals surface area contributed by atoms with Crippen LogP contribution in [-0.2, 0) is 4.79 Å². The van der Waals surface area contributed by atoms with Crippen LogP contribution in [0.25, 0.3) is 0 Å². The summed E-state index contributed by atoms with van der Waals surface area (Å²) in [5.74, 6) is 0.800. The van der Waals surface area contributed by atoms with Gasteiger partial charge in [0, 0.05) is 38.1 Å². The van der Waals surface area contributed by atoms with Crippen molar-refractivity contribution in [2.24, 2.45) is 10.9 Å². The number of amides is 1. The van der Waals surface area contributed by atoms with Gasteiger partial charge in [-0.05, 0) is 31.9 Å². The lowest BCUT2D eigenvalue weighted by Crippen LogP contribution is -2.51. The van der Waals surface area contributed by atoms with E-state index in [1.807, 2.05) is 45.0 Å². The highest BCUT2D eigenvalue weighted by atomic mass is 127. The molecule has 7 nitrogen and oxygen atoms in total. The standard InChI is InChI=1S/C21H32N6O.HI/c1-4-23-21(25-12-11-24-20(28)16(2)3)26-18-9-7-13-27(15-18)19-10-6-5-8-17(19)14-22;/h5-6,8,10,16,18H,4,7,9,11-13,15H2,1-3H3,(H,24,28)(H2,23,25,26);1H. The molecular weight excluding hydrogens is 479 g/mol. The molecule has 1 unspecified atom stereocenters. The number of anilines is 1. The zero-order valence-electron chi connectivity index (χ0n) is 17.6. The van der Waals surface area contributed by atoms with Crippen molar-refractivity contribution in [1.82, 2.24) is 16.0 Å². The van der Waals surface area contributed by atoms with Crippen molar-refractivity contribution in [2.45, 2.75) is 39.7 Å². The summed E-state index contributed by atoms with van der Waals surface area (Å²) in [6.45, 7) is 9.40. The van der Waals surface area contributed by atoms with Gasteiger partial charge in [0.25, 0.3) is 0 Å². The fourth-order valence-corrected chi connectivity index (χ4v) is 3.22. The number of hydrogen-bond donors (Lipinski definition) is 3. The summed E-state index contributed by atoms with van der Waals surface area (Å²) in [6.07, 6.45) is 2.11. The van der Waals surface area contributed by atoms with E-state index < -0.39 is 0 Å². The summed E-state index contributed by atoms with van der Waals surface area (Å²) < 4.78 is 0. The molecule has 160 valence electrons. The van der Waals surface area contributed by atoms with Crippen LogP contribution >= 0.6 is 24.0 Å². The molecule has 1 aliphatic rings. The van der Waals surface area contributed by atoms with Gasteiger partial charge >= 0.3 is 0 Å². The van der Waals surface area contributed by atoms with E-state index in [1.54, 1.807) is 0 Å². The van der Waals surface area contributed by atoms with Gasteiger partial charge in [-0.15, -0.1) is 24.0 Å². The van der Waals surface area contributed by atoms with Crippen molar-refractivity contribution < 1.29 is 4.79 Å². The molecule has 1 saturated heterocycles. The van der Waals surface area contributed by atoms with Gasteiger partial charge in [-0.1, -0.05) is 26.0 Å². The van der Waals surface area contributed by atoms with Crippen LogP contribution in [0.4, 0.5) is 5.69 Å². The SMILES string of the molecule is CCNC(=NCCNC(=O)C(C)C)NC1CCCN(c2ccccc2C#N)C1.I. The third-order valence-corrected chi connectivity index (χ3v) is 4.68. The zero-order chi connectivity index (χ0) is 20.4. The lowest BCUT2D eigenvalue weighted by atomic mass is 10.0. The van der Waals surface area contributed by atoms with Gasteiger partial charge < -0.3 is 20.9 Å². The Bertz CT molecular complexity index is 715. The van der Waals surface area contributed by atoms with Crippen LogP contribution in [0.2, 0.25) is 0 Å². The van der Waals surface area contributed by atoms with E-state index in [9.17, 15) is 10.1 Å². The molecule has 0 spiro atoms. The number of nitrogens with one attached hydrogen (secondary N) is 3. The maximum Gasteiger partial charge on any atom is 0.222 e. The summed E-state index contributed by atoms with van der Waals surface area (Å²) in [6, 6.07) is 10.3. The molecule has 1 fully saturated rings. The van der Waals surface area contributed by atoms with Gasteiger partial charge in [0.1, 0.15) is 6.07 Å². The molecular formula is C21H33IN6O. The van der Waals surface area contributed by atoms with Crippen LogP contribution in [0, 0.1) is 17.2 Å². The minimum atomic E-state index is -0.0140. The third-order valence-electron chi connectivity index (χ3n) is 4.68. The van der Waals surface area contributed by atoms with E-state index in [1.165, 1.54) is 0 Å². The number of rotatable bonds is 7. The molecule has 0 aromatic heterocycles. The quantitative estimate of drug-likeness (QED) is 0.226. The van der Waals surface area contributed by atoms with Crippen LogP contribution in [-0.4, -0.2) is 50.6 Å². The van der Waals surface area contributed by atoms with Crippen molar-refractivity contribution >= 4 is 41.5 Å². The largest absolute Gasteiger partial charge is 0.368 e. The zero-order valence-corrected chi connectivity index (χ0v) is 19.9. The first kappa shape index (κ1) is 25.0. The molecule has 1 aliphatic heterocycles. The molecule has 1 aromatic carbocycles. The summed E-state index contributed by atoms with van der Waals surface area (Å²) in [4.78, 5) is 18.5. The highest BCUT2D eigenvalue weighted by Crippen LogP contribution is 2.23. The molecule has 1 atom stereocenters. The van der Waals surface area contributed by atoms with Crippen molar-refractivity contribution in [3.63, 3.8) is 0 Å². The molecule has 29 heavy (non-hydrogen) atoms. The third kappa shape index (κ3) is 8.09. The molecule has 1 heterocycles. The van der Waals surface area contributed by atoms with Gasteiger partial charge in [-0.2, -0.15) is 5.26 Å². The van der Waals surface area contributed by atoms with Gasteiger partial charge in [-0.25, -0.2) is 0 Å². The number of guanidine groups is 1. The number of carbonyl (C=O) groups is 1. The maximum atomic E-state index is 11.6. The molecule has 8 heteroatoms. The van der Waals surface area contributed by atoms with E-state index in [0.717, 1.165) is 44.1 Å². The van der Waals surface area contributed by atoms with E-state index in [-0.39, 0.29) is 41.8 Å². The van der Waals surface area contributed by atoms with E-state index in [4.69, 9.17) is 0 Å². The normalized spacial score (nSPS) is 16.6. The number of aliphatic imine (C=N–C) groups is 1. The topological polar surface area (TPSA) is 92.5 Å². The number of nitrogens with zero attached hydrogens (tertiary/aromatic N) is 3. The monoisotopic (exact) mass is 512 g/mol. The summed E-state index contributed by atoms with van der Waals surface area (Å²) in [5.41, 5.74) is 1.71. The van der Waals surface area contributed by atoms with Gasteiger partial charge in [0.15, 0.2) is 5.96 Å². The van der Waals surface area contributed by atoms with Crippen molar-refractivity contribution in [2.75, 3.05) is 37.6 Å². The van der Waals surface area contributed by atoms with Gasteiger partial charge in [-0.3, -0.25) is 9.79 Å². The second-order valence-electron chi connectivity index (χ2n) is 7.26. The van der Waals surface area contributed by atoms with Crippen molar-refractivity contribution in [3.8, 4) is 6.07 Å². The molecule has 0 aliphatic carbocycles. The van der Waals surface area contributed by atoms with E-state index in [2.05, 4.69) is 31.9 Å². The van der Waals surface area contributed by atoms with Crippen molar-refractivity contribution in [1.29, 1.82) is 5.26 Å². The summed E-state index contributed by atoms with van der Waals surface area (Å²) in [7, 11) is 0. The van der Waals surface area contributed by atoms with Crippen LogP contribution in [0.3, 0.4) is 0 Å². The predicted molar refractivity (Wildman–Crippen MR) is 129 cm³/mol. The van der Waals surface area contributed by atoms with Gasteiger partial charge in [0.05, 0.1) is 17.8 Å². The number of benzene rings is 1. The number of piperidine rings is 1. The fraction of sp³-hybridized carbons (Fsp3) is 0.571. The lowest BCUT2D eigenvalue weighted by Gasteiger charge is -2.35. The first-order valence-electron chi connectivity index (χ1n) is 10.1. The van der Waals surface area contributed by atoms with E-state index >= 15 is 0 Å². The molecule has 0 bridgehead atoms. The van der Waals surface area contributed by atoms with Crippen LogP contribution in [0.15, 0.2) is 29.3 Å². The van der Waals surface area contributed by atoms with Crippen LogP contribution in [0.1, 0.15) is 39.2 Å². The fourth-order valence-electron chi connectivity index (χ4n) is 3.22. The average Bonchev–Trinajstić information content (AvgIpc) is 2.71. The lowest BCUT2D eigenvalue weighted by molar-refractivity contribution is -0.123. The number of hydrogen-bond acceptors (Lipinski definition) is 4. The van der Waals surface area contributed by atoms with Crippen LogP contribution < -0.4 is 20.9 Å². The highest BCUT2D eigenvalue weighted by molar-refractivity contribution is 14.0. The maximum absolute atomic E-state index is 11.6. The smallest absolute Gasteiger partial charge is 0.222 e. The predicted octanol–water partition coefficient (Wildman–Crippen LogP) is 2.47. The minimum Gasteiger partial charge on any atom is -0.368 e. The second-order valence-corrected chi connectivity index (χ2v) is 7.26. The Morgan fingerprint density at radius 1 is 1.34 bits per heavy atom. The van der Waals surface area contributed by atoms with Gasteiger partial charge in [0.2, 0.25) is 5.91 Å². The Labute approximate surface area is 191 Å². The summed E-state index contributed by atoms with van der Waals surface area (Å²) >= 11 is 0. The molecule has 0 saturated carbocycles. The number of carbonyl (C=O) groups excluding carboxylic acids is 1. The first-order chi connectivity index (χ1) is 13.5. The second kappa shape index (κ2) is 13.2. The summed E-state index contributed by atoms with van der Waals surface area (Å²) in [5, 5.41) is 19.0. The Morgan fingerprint density at radius 2 is 2.10 bits per heavy atom. The Balaban J connectivity index is 0.00000420. The Hall–Kier alpha value is -2.02. The Kier molecular flexibility index (Phi) is 11.4.